The molecule has 0 saturated carbocycles. The summed E-state index contributed by atoms with van der Waals surface area (Å²) >= 11 is 0. The quantitative estimate of drug-likeness (QED) is 0.827. The summed E-state index contributed by atoms with van der Waals surface area (Å²) in [7, 11) is 0. The molecule has 1 aromatic carbocycles. The van der Waals surface area contributed by atoms with Crippen LogP contribution in [0.5, 0.6) is 5.75 Å². The molecule has 2 heterocycles. The topological polar surface area (TPSA) is 64.1 Å². The molecule has 0 aromatic heterocycles. The molecule has 2 amide bonds. The summed E-state index contributed by atoms with van der Waals surface area (Å²) in [6.07, 6.45) is 2.53. The fourth-order valence-corrected chi connectivity index (χ4v) is 3.45. The first-order valence-electron chi connectivity index (χ1n) is 8.73. The number of benzene rings is 1. The van der Waals surface area contributed by atoms with Crippen LogP contribution in [0.25, 0.3) is 0 Å². The molecule has 24 heavy (non-hydrogen) atoms. The van der Waals surface area contributed by atoms with Gasteiger partial charge < -0.3 is 10.0 Å². The van der Waals surface area contributed by atoms with Crippen LogP contribution < -0.4 is 4.90 Å². The van der Waals surface area contributed by atoms with Crippen LogP contribution in [-0.4, -0.2) is 66.0 Å². The number of likely N-dealkylation sites (tertiary alicyclic amines) is 1. The highest BCUT2D eigenvalue weighted by Crippen LogP contribution is 2.27. The van der Waals surface area contributed by atoms with Gasteiger partial charge in [0.1, 0.15) is 5.75 Å². The number of hydrogen-bond donors (Lipinski definition) is 1. The Kier molecular flexibility index (Phi) is 5.35. The average molecular weight is 331 g/mol. The number of nitrogens with zero attached hydrogens (tertiary/aromatic N) is 3. The van der Waals surface area contributed by atoms with Gasteiger partial charge in [0, 0.05) is 45.6 Å². The molecule has 0 aliphatic carbocycles. The normalized spacial score (nSPS) is 19.8. The number of imide groups is 1. The second kappa shape index (κ2) is 7.66. The van der Waals surface area contributed by atoms with Crippen LogP contribution in [0, 0.1) is 0 Å². The Morgan fingerprint density at radius 1 is 0.917 bits per heavy atom. The van der Waals surface area contributed by atoms with Crippen LogP contribution in [0.4, 0.5) is 5.69 Å². The van der Waals surface area contributed by atoms with Crippen molar-refractivity contribution in [3.63, 3.8) is 0 Å². The fourth-order valence-electron chi connectivity index (χ4n) is 3.45. The van der Waals surface area contributed by atoms with Crippen molar-refractivity contribution in [3.05, 3.63) is 24.3 Å². The molecule has 1 aromatic rings. The van der Waals surface area contributed by atoms with Gasteiger partial charge in [-0.25, -0.2) is 0 Å². The second-order valence-corrected chi connectivity index (χ2v) is 6.46. The number of carbonyl (C=O) groups excluding carboxylic acids is 2. The molecule has 2 saturated heterocycles. The number of hydrogen-bond acceptors (Lipinski definition) is 5. The molecule has 0 bridgehead atoms. The fraction of sp³-hybridized carbons (Fsp3) is 0.556. The van der Waals surface area contributed by atoms with Crippen molar-refractivity contribution in [2.24, 2.45) is 0 Å². The number of piperazine rings is 1. The number of para-hydroxylation sites is 2. The monoisotopic (exact) mass is 331 g/mol. The molecule has 2 aliphatic heterocycles. The van der Waals surface area contributed by atoms with E-state index in [1.165, 1.54) is 4.90 Å². The Morgan fingerprint density at radius 3 is 2.25 bits per heavy atom. The summed E-state index contributed by atoms with van der Waals surface area (Å²) < 4.78 is 0. The highest BCUT2D eigenvalue weighted by molar-refractivity contribution is 5.97. The van der Waals surface area contributed by atoms with Crippen molar-refractivity contribution < 1.29 is 14.7 Å². The minimum atomic E-state index is -0.0179. The Labute approximate surface area is 142 Å². The van der Waals surface area contributed by atoms with Crippen molar-refractivity contribution >= 4 is 17.5 Å². The van der Waals surface area contributed by atoms with Crippen LogP contribution in [0.15, 0.2) is 24.3 Å². The number of phenolic OH excluding ortho intramolecular Hbond substituents is 1. The van der Waals surface area contributed by atoms with Gasteiger partial charge in [-0.05, 0) is 31.5 Å². The third kappa shape index (κ3) is 3.87. The first-order chi connectivity index (χ1) is 11.6. The summed E-state index contributed by atoms with van der Waals surface area (Å²) in [5.74, 6) is 0.291. The van der Waals surface area contributed by atoms with Crippen LogP contribution in [0.3, 0.4) is 0 Å². The number of anilines is 1. The third-order valence-corrected chi connectivity index (χ3v) is 4.83. The first-order valence-corrected chi connectivity index (χ1v) is 8.73. The number of aromatic hydroxyl groups is 1. The van der Waals surface area contributed by atoms with E-state index in [1.807, 2.05) is 18.2 Å². The van der Waals surface area contributed by atoms with Gasteiger partial charge >= 0.3 is 0 Å². The molecule has 6 heteroatoms. The van der Waals surface area contributed by atoms with Gasteiger partial charge in [0.15, 0.2) is 0 Å². The SMILES string of the molecule is O=C1CCCC(=O)N1CCCN1CCN(c2ccccc2O)CC1. The van der Waals surface area contributed by atoms with Crippen LogP contribution in [-0.2, 0) is 9.59 Å². The number of phenols is 1. The van der Waals surface area contributed by atoms with E-state index >= 15 is 0 Å². The van der Waals surface area contributed by atoms with Crippen molar-refractivity contribution in [1.29, 1.82) is 0 Å². The lowest BCUT2D eigenvalue weighted by Crippen LogP contribution is -2.47. The van der Waals surface area contributed by atoms with E-state index in [0.29, 0.717) is 31.6 Å². The van der Waals surface area contributed by atoms with E-state index in [2.05, 4.69) is 9.80 Å². The molecule has 2 fully saturated rings. The van der Waals surface area contributed by atoms with Gasteiger partial charge in [0.2, 0.25) is 11.8 Å². The summed E-state index contributed by atoms with van der Waals surface area (Å²) in [5.41, 5.74) is 0.890. The maximum absolute atomic E-state index is 11.8. The summed E-state index contributed by atoms with van der Waals surface area (Å²) in [6, 6.07) is 7.43. The zero-order valence-electron chi connectivity index (χ0n) is 14.0. The summed E-state index contributed by atoms with van der Waals surface area (Å²) in [6.45, 7) is 5.04. The Hall–Kier alpha value is -2.08. The predicted molar refractivity (Wildman–Crippen MR) is 91.9 cm³/mol. The zero-order valence-corrected chi connectivity index (χ0v) is 14.0. The van der Waals surface area contributed by atoms with Crippen LogP contribution in [0.1, 0.15) is 25.7 Å². The van der Waals surface area contributed by atoms with Crippen LogP contribution in [0.2, 0.25) is 0 Å². The summed E-state index contributed by atoms with van der Waals surface area (Å²) in [4.78, 5) is 29.5. The molecule has 2 aliphatic rings. The lowest BCUT2D eigenvalue weighted by Gasteiger charge is -2.36. The highest BCUT2D eigenvalue weighted by Gasteiger charge is 2.25. The molecule has 130 valence electrons. The van der Waals surface area contributed by atoms with Crippen LogP contribution >= 0.6 is 0 Å². The van der Waals surface area contributed by atoms with E-state index in [1.54, 1.807) is 6.07 Å². The van der Waals surface area contributed by atoms with Gasteiger partial charge in [0.05, 0.1) is 5.69 Å². The van der Waals surface area contributed by atoms with Gasteiger partial charge in [-0.3, -0.25) is 19.4 Å². The molecule has 0 atom stereocenters. The highest BCUT2D eigenvalue weighted by atomic mass is 16.3. The maximum Gasteiger partial charge on any atom is 0.229 e. The van der Waals surface area contributed by atoms with Gasteiger partial charge in [-0.1, -0.05) is 12.1 Å². The van der Waals surface area contributed by atoms with Gasteiger partial charge in [0.25, 0.3) is 0 Å². The molecule has 0 spiro atoms. The molecular weight excluding hydrogens is 306 g/mol. The third-order valence-electron chi connectivity index (χ3n) is 4.83. The van der Waals surface area contributed by atoms with E-state index in [0.717, 1.165) is 44.8 Å². The minimum absolute atomic E-state index is 0.0179. The van der Waals surface area contributed by atoms with E-state index in [4.69, 9.17) is 0 Å². The molecule has 0 unspecified atom stereocenters. The Morgan fingerprint density at radius 2 is 1.58 bits per heavy atom. The standard InChI is InChI=1S/C18H25N3O3/c22-16-6-2-1-5-15(16)20-13-11-19(12-14-20)9-4-10-21-17(23)7-3-8-18(21)24/h1-2,5-6,22H,3-4,7-14H2. The lowest BCUT2D eigenvalue weighted by molar-refractivity contribution is -0.148. The molecule has 3 rings (SSSR count). The van der Waals surface area contributed by atoms with Gasteiger partial charge in [-0.2, -0.15) is 0 Å². The molecular formula is C18H25N3O3. The summed E-state index contributed by atoms with van der Waals surface area (Å²) in [5, 5.41) is 9.94. The Balaban J connectivity index is 1.42. The van der Waals surface area contributed by atoms with E-state index in [-0.39, 0.29) is 11.8 Å². The average Bonchev–Trinajstić information content (AvgIpc) is 2.59. The molecule has 0 radical (unpaired) electrons. The Bertz CT molecular complexity index is 581. The van der Waals surface area contributed by atoms with Crippen molar-refractivity contribution in [2.75, 3.05) is 44.2 Å². The minimum Gasteiger partial charge on any atom is -0.506 e. The number of piperidine rings is 1. The van der Waals surface area contributed by atoms with E-state index < -0.39 is 0 Å². The molecule has 6 nitrogen and oxygen atoms in total. The molecule has 1 N–H and O–H groups in total. The van der Waals surface area contributed by atoms with E-state index in [9.17, 15) is 14.7 Å². The second-order valence-electron chi connectivity index (χ2n) is 6.46. The maximum atomic E-state index is 11.8. The smallest absolute Gasteiger partial charge is 0.229 e. The largest absolute Gasteiger partial charge is 0.506 e. The van der Waals surface area contributed by atoms with Crippen molar-refractivity contribution in [2.45, 2.75) is 25.7 Å². The zero-order chi connectivity index (χ0) is 16.9. The first kappa shape index (κ1) is 16.8. The lowest BCUT2D eigenvalue weighted by atomic mass is 10.1. The number of carbonyl (C=O) groups is 2. The predicted octanol–water partition coefficient (Wildman–Crippen LogP) is 1.44. The number of amides is 2. The number of rotatable bonds is 5. The van der Waals surface area contributed by atoms with Crippen molar-refractivity contribution in [1.82, 2.24) is 9.80 Å². The van der Waals surface area contributed by atoms with Gasteiger partial charge in [-0.15, -0.1) is 0 Å². The van der Waals surface area contributed by atoms with Crippen molar-refractivity contribution in [3.8, 4) is 5.75 Å².